The van der Waals surface area contributed by atoms with Crippen molar-refractivity contribution in [2.45, 2.75) is 85.8 Å². The van der Waals surface area contributed by atoms with Gasteiger partial charge in [0.15, 0.2) is 12.6 Å². The highest BCUT2D eigenvalue weighted by atomic mass is 16.7. The van der Waals surface area contributed by atoms with Crippen LogP contribution in [-0.4, -0.2) is 174 Å². The van der Waals surface area contributed by atoms with Crippen LogP contribution in [0.5, 0.6) is 0 Å². The molecule has 14 atom stereocenters. The maximum absolute atomic E-state index is 10.6. The zero-order valence-electron chi connectivity index (χ0n) is 17.9. The van der Waals surface area contributed by atoms with Crippen LogP contribution in [0.15, 0.2) is 0 Å². The average molecular weight is 506 g/mol. The summed E-state index contributed by atoms with van der Waals surface area (Å²) in [6, 6.07) is 0. The van der Waals surface area contributed by atoms with E-state index in [9.17, 15) is 56.2 Å². The number of hydrogen-bond donors (Lipinski definition) is 12. The molecule has 0 radical (unpaired) electrons. The lowest BCUT2D eigenvalue weighted by molar-refractivity contribution is -0.367. The fourth-order valence-electron chi connectivity index (χ4n) is 3.65. The van der Waals surface area contributed by atoms with Gasteiger partial charge in [-0.3, -0.25) is 0 Å². The van der Waals surface area contributed by atoms with E-state index < -0.39 is 112 Å². The normalized spacial score (nSPS) is 42.7. The molecule has 16 heteroatoms. The summed E-state index contributed by atoms with van der Waals surface area (Å²) in [7, 11) is 0. The lowest BCUT2D eigenvalue weighted by atomic mass is 9.96. The maximum atomic E-state index is 10.6. The van der Waals surface area contributed by atoms with Gasteiger partial charge in [-0.2, -0.15) is 0 Å². The summed E-state index contributed by atoms with van der Waals surface area (Å²) in [6.07, 6.45) is -24.7. The SMILES string of the molecule is OCC1OC(O[C@@H]2C(CO)OC(O[C@H](C(O)CO)C(O)[C@H](O)CO)[C@@H](O)C2O)[C@@H](O)C(O)[C@@H]1O. The Morgan fingerprint density at radius 2 is 1.15 bits per heavy atom. The monoisotopic (exact) mass is 506 g/mol. The van der Waals surface area contributed by atoms with Crippen LogP contribution < -0.4 is 0 Å². The molecule has 16 nitrogen and oxygen atoms in total. The third kappa shape index (κ3) is 6.37. The Balaban J connectivity index is 2.17. The second kappa shape index (κ2) is 13.1. The molecule has 0 aromatic rings. The fraction of sp³-hybridized carbons (Fsp3) is 1.00. The summed E-state index contributed by atoms with van der Waals surface area (Å²) in [5.74, 6) is 0. The van der Waals surface area contributed by atoms with Gasteiger partial charge in [0.05, 0.1) is 26.4 Å². The van der Waals surface area contributed by atoms with Crippen molar-refractivity contribution >= 4 is 0 Å². The van der Waals surface area contributed by atoms with Gasteiger partial charge in [0, 0.05) is 0 Å². The molecule has 2 heterocycles. The molecule has 0 saturated carbocycles. The van der Waals surface area contributed by atoms with E-state index in [-0.39, 0.29) is 0 Å². The predicted octanol–water partition coefficient (Wildman–Crippen LogP) is -7.94. The Morgan fingerprint density at radius 3 is 1.68 bits per heavy atom. The summed E-state index contributed by atoms with van der Waals surface area (Å²) >= 11 is 0. The smallest absolute Gasteiger partial charge is 0.187 e. The second-order valence-corrected chi connectivity index (χ2v) is 8.10. The number of hydrogen-bond acceptors (Lipinski definition) is 16. The largest absolute Gasteiger partial charge is 0.394 e. The number of aliphatic hydroxyl groups excluding tert-OH is 12. The molecular weight excluding hydrogens is 472 g/mol. The Kier molecular flexibility index (Phi) is 11.4. The molecule has 2 aliphatic rings. The number of rotatable bonds is 11. The number of ether oxygens (including phenoxy) is 4. The molecule has 0 spiro atoms. The first-order chi connectivity index (χ1) is 16.0. The molecule has 12 N–H and O–H groups in total. The second-order valence-electron chi connectivity index (χ2n) is 8.10. The van der Waals surface area contributed by atoms with Crippen molar-refractivity contribution in [2.24, 2.45) is 0 Å². The highest BCUT2D eigenvalue weighted by Crippen LogP contribution is 2.30. The van der Waals surface area contributed by atoms with Gasteiger partial charge in [-0.15, -0.1) is 0 Å². The minimum Gasteiger partial charge on any atom is -0.394 e. The summed E-state index contributed by atoms with van der Waals surface area (Å²) in [5.41, 5.74) is 0. The van der Waals surface area contributed by atoms with E-state index >= 15 is 0 Å². The van der Waals surface area contributed by atoms with E-state index in [0.717, 1.165) is 0 Å². The van der Waals surface area contributed by atoms with E-state index in [0.29, 0.717) is 0 Å². The lowest BCUT2D eigenvalue weighted by Crippen LogP contribution is -2.65. The van der Waals surface area contributed by atoms with Crippen LogP contribution in [0.25, 0.3) is 0 Å². The predicted molar refractivity (Wildman–Crippen MR) is 103 cm³/mol. The van der Waals surface area contributed by atoms with Crippen molar-refractivity contribution in [1.82, 2.24) is 0 Å². The van der Waals surface area contributed by atoms with Crippen LogP contribution in [0.3, 0.4) is 0 Å². The first kappa shape index (κ1) is 29.6. The van der Waals surface area contributed by atoms with Gasteiger partial charge in [-0.25, -0.2) is 0 Å². The summed E-state index contributed by atoms with van der Waals surface area (Å²) < 4.78 is 21.2. The summed E-state index contributed by atoms with van der Waals surface area (Å²) in [5, 5.41) is 118. The Hall–Kier alpha value is -0.640. The van der Waals surface area contributed by atoms with Crippen molar-refractivity contribution in [3.05, 3.63) is 0 Å². The van der Waals surface area contributed by atoms with Crippen LogP contribution >= 0.6 is 0 Å². The molecule has 2 aliphatic heterocycles. The van der Waals surface area contributed by atoms with E-state index in [4.69, 9.17) is 24.1 Å². The van der Waals surface area contributed by atoms with Gasteiger partial charge in [-0.1, -0.05) is 0 Å². The van der Waals surface area contributed by atoms with Crippen LogP contribution in [0.1, 0.15) is 0 Å². The van der Waals surface area contributed by atoms with Crippen molar-refractivity contribution in [1.29, 1.82) is 0 Å². The van der Waals surface area contributed by atoms with Gasteiger partial charge in [0.2, 0.25) is 0 Å². The van der Waals surface area contributed by atoms with Crippen LogP contribution in [0.4, 0.5) is 0 Å². The third-order valence-electron chi connectivity index (χ3n) is 5.74. The van der Waals surface area contributed by atoms with Gasteiger partial charge in [0.25, 0.3) is 0 Å². The van der Waals surface area contributed by atoms with Crippen molar-refractivity contribution in [3.8, 4) is 0 Å². The Morgan fingerprint density at radius 1 is 0.618 bits per heavy atom. The van der Waals surface area contributed by atoms with Gasteiger partial charge >= 0.3 is 0 Å². The third-order valence-corrected chi connectivity index (χ3v) is 5.74. The topological polar surface area (TPSA) is 280 Å². The van der Waals surface area contributed by atoms with E-state index in [1.807, 2.05) is 0 Å². The lowest BCUT2D eigenvalue weighted by Gasteiger charge is -2.46. The van der Waals surface area contributed by atoms with E-state index in [1.54, 1.807) is 0 Å². The molecule has 2 saturated heterocycles. The Labute approximate surface area is 193 Å². The first-order valence-electron chi connectivity index (χ1n) is 10.5. The molecule has 34 heavy (non-hydrogen) atoms. The zero-order chi connectivity index (χ0) is 25.7. The van der Waals surface area contributed by atoms with Crippen molar-refractivity contribution < 1.29 is 80.2 Å². The van der Waals surface area contributed by atoms with Crippen molar-refractivity contribution in [2.75, 3.05) is 26.4 Å². The fourth-order valence-corrected chi connectivity index (χ4v) is 3.65. The minimum absolute atomic E-state index is 0.757. The maximum Gasteiger partial charge on any atom is 0.187 e. The van der Waals surface area contributed by atoms with Crippen LogP contribution in [0, 0.1) is 0 Å². The van der Waals surface area contributed by atoms with Gasteiger partial charge in [0.1, 0.15) is 73.2 Å². The van der Waals surface area contributed by atoms with E-state index in [2.05, 4.69) is 0 Å². The molecule has 8 unspecified atom stereocenters. The van der Waals surface area contributed by atoms with Crippen molar-refractivity contribution in [3.63, 3.8) is 0 Å². The first-order valence-corrected chi connectivity index (χ1v) is 10.5. The molecule has 0 aromatic carbocycles. The van der Waals surface area contributed by atoms with Gasteiger partial charge < -0.3 is 80.2 Å². The van der Waals surface area contributed by atoms with Gasteiger partial charge in [-0.05, 0) is 0 Å². The molecule has 0 aliphatic carbocycles. The molecule has 0 bridgehead atoms. The molecule has 2 rings (SSSR count). The zero-order valence-corrected chi connectivity index (χ0v) is 17.9. The molecular formula is C18H34O16. The summed E-state index contributed by atoms with van der Waals surface area (Å²) in [4.78, 5) is 0. The standard InChI is InChI=1S/C18H34O16/c19-1-5(23)9(25)15(6(24)2-20)33-18-14(30)12(28)16(8(4-22)32-18)34-17-13(29)11(27)10(26)7(3-21)31-17/h5-30H,1-4H2/t5-,6?,7?,8?,9?,10-,11?,12?,13+,14+,15-,16-,17?,18?/m1/s1. The molecule has 202 valence electrons. The highest BCUT2D eigenvalue weighted by Gasteiger charge is 2.51. The quantitative estimate of drug-likeness (QED) is 0.124. The van der Waals surface area contributed by atoms with Crippen LogP contribution in [0.2, 0.25) is 0 Å². The molecule has 0 aromatic heterocycles. The Bertz CT molecular complexity index is 594. The highest BCUT2D eigenvalue weighted by molar-refractivity contribution is 4.95. The minimum atomic E-state index is -1.98. The van der Waals surface area contributed by atoms with Crippen LogP contribution in [-0.2, 0) is 18.9 Å². The van der Waals surface area contributed by atoms with E-state index in [1.165, 1.54) is 0 Å². The molecule has 2 fully saturated rings. The average Bonchev–Trinajstić information content (AvgIpc) is 2.84. The molecule has 0 amide bonds. The number of aliphatic hydroxyl groups is 12. The summed E-state index contributed by atoms with van der Waals surface area (Å²) in [6.45, 7) is -3.52.